The van der Waals surface area contributed by atoms with Crippen LogP contribution < -0.4 is 11.1 Å². The number of carbonyl (C=O) groups is 1. The number of nitrogens with two attached hydrogens (primary N) is 1. The van der Waals surface area contributed by atoms with Crippen LogP contribution in [0.25, 0.3) is 0 Å². The van der Waals surface area contributed by atoms with Crippen LogP contribution in [0.5, 0.6) is 0 Å². The Kier molecular flexibility index (Phi) is 2.90. The van der Waals surface area contributed by atoms with Gasteiger partial charge in [-0.15, -0.1) is 0 Å². The van der Waals surface area contributed by atoms with Crippen LogP contribution >= 0.6 is 0 Å². The normalized spacial score (nSPS) is 9.69. The number of amides is 1. The van der Waals surface area contributed by atoms with E-state index in [1.807, 2.05) is 26.0 Å². The van der Waals surface area contributed by atoms with Crippen molar-refractivity contribution < 1.29 is 4.79 Å². The minimum Gasteiger partial charge on any atom is -0.398 e. The summed E-state index contributed by atoms with van der Waals surface area (Å²) in [7, 11) is 0. The third-order valence-corrected chi connectivity index (χ3v) is 1.88. The van der Waals surface area contributed by atoms with Crippen molar-refractivity contribution in [3.05, 3.63) is 23.8 Å². The maximum Gasteiger partial charge on any atom is 0.224 e. The lowest BCUT2D eigenvalue weighted by Gasteiger charge is -2.05. The van der Waals surface area contributed by atoms with E-state index in [4.69, 9.17) is 5.73 Å². The number of aryl methyl sites for hydroxylation is 1. The molecule has 0 saturated carbocycles. The molecule has 0 aromatic heterocycles. The fraction of sp³-hybridized carbons (Fsp3) is 0.300. The van der Waals surface area contributed by atoms with Crippen LogP contribution in [0.2, 0.25) is 0 Å². The Morgan fingerprint density at radius 1 is 1.54 bits per heavy atom. The van der Waals surface area contributed by atoms with Gasteiger partial charge < -0.3 is 11.1 Å². The molecule has 0 heterocycles. The van der Waals surface area contributed by atoms with E-state index in [0.29, 0.717) is 12.1 Å². The molecule has 0 radical (unpaired) electrons. The molecular weight excluding hydrogens is 164 g/mol. The van der Waals surface area contributed by atoms with E-state index in [1.54, 1.807) is 6.07 Å². The van der Waals surface area contributed by atoms with Gasteiger partial charge in [-0.1, -0.05) is 13.0 Å². The molecule has 0 atom stereocenters. The Labute approximate surface area is 77.9 Å². The molecule has 3 N–H and O–H groups in total. The molecule has 0 spiro atoms. The summed E-state index contributed by atoms with van der Waals surface area (Å²) in [6.07, 6.45) is 0.480. The Morgan fingerprint density at radius 3 is 2.77 bits per heavy atom. The smallest absolute Gasteiger partial charge is 0.224 e. The number of anilines is 2. The predicted octanol–water partition coefficient (Wildman–Crippen LogP) is 1.93. The fourth-order valence-electron chi connectivity index (χ4n) is 0.968. The summed E-state index contributed by atoms with van der Waals surface area (Å²) in [5, 5.41) is 2.74. The van der Waals surface area contributed by atoms with Crippen molar-refractivity contribution in [3.63, 3.8) is 0 Å². The lowest BCUT2D eigenvalue weighted by Crippen LogP contribution is -2.09. The van der Waals surface area contributed by atoms with E-state index in [9.17, 15) is 4.79 Å². The highest BCUT2D eigenvalue weighted by Gasteiger charge is 1.99. The largest absolute Gasteiger partial charge is 0.398 e. The van der Waals surface area contributed by atoms with E-state index in [-0.39, 0.29) is 5.91 Å². The van der Waals surface area contributed by atoms with Gasteiger partial charge in [0.05, 0.1) is 0 Å². The highest BCUT2D eigenvalue weighted by Crippen LogP contribution is 2.16. The second-order valence-electron chi connectivity index (χ2n) is 2.97. The van der Waals surface area contributed by atoms with Crippen molar-refractivity contribution >= 4 is 17.3 Å². The van der Waals surface area contributed by atoms with Gasteiger partial charge in [-0.2, -0.15) is 0 Å². The molecule has 1 aromatic rings. The summed E-state index contributed by atoms with van der Waals surface area (Å²) in [5.74, 6) is 0.00301. The van der Waals surface area contributed by atoms with Gasteiger partial charge in [-0.3, -0.25) is 4.79 Å². The lowest BCUT2D eigenvalue weighted by molar-refractivity contribution is -0.115. The molecule has 3 nitrogen and oxygen atoms in total. The minimum absolute atomic E-state index is 0.00301. The van der Waals surface area contributed by atoms with Crippen LogP contribution in [0.1, 0.15) is 18.9 Å². The van der Waals surface area contributed by atoms with Crippen molar-refractivity contribution in [1.29, 1.82) is 0 Å². The second-order valence-corrected chi connectivity index (χ2v) is 2.97. The zero-order chi connectivity index (χ0) is 9.84. The molecule has 3 heteroatoms. The van der Waals surface area contributed by atoms with Crippen molar-refractivity contribution in [2.75, 3.05) is 11.1 Å². The molecule has 1 rings (SSSR count). The maximum absolute atomic E-state index is 11.0. The molecule has 0 aliphatic carbocycles. The Hall–Kier alpha value is -1.51. The van der Waals surface area contributed by atoms with Crippen LogP contribution in [0.15, 0.2) is 18.2 Å². The molecule has 1 amide bonds. The summed E-state index contributed by atoms with van der Waals surface area (Å²) < 4.78 is 0. The van der Waals surface area contributed by atoms with Gasteiger partial charge >= 0.3 is 0 Å². The van der Waals surface area contributed by atoms with Crippen LogP contribution in [0.4, 0.5) is 11.4 Å². The van der Waals surface area contributed by atoms with Crippen molar-refractivity contribution in [3.8, 4) is 0 Å². The highest BCUT2D eigenvalue weighted by atomic mass is 16.1. The fourth-order valence-corrected chi connectivity index (χ4v) is 0.968. The molecule has 0 saturated heterocycles. The second kappa shape index (κ2) is 3.94. The number of hydrogen-bond donors (Lipinski definition) is 2. The molecule has 0 fully saturated rings. The molecule has 13 heavy (non-hydrogen) atoms. The van der Waals surface area contributed by atoms with E-state index >= 15 is 0 Å². The highest BCUT2D eigenvalue weighted by molar-refractivity contribution is 5.91. The quantitative estimate of drug-likeness (QED) is 0.680. The molecule has 0 unspecified atom stereocenters. The zero-order valence-corrected chi connectivity index (χ0v) is 7.92. The first-order chi connectivity index (χ1) is 6.13. The summed E-state index contributed by atoms with van der Waals surface area (Å²) in [4.78, 5) is 11.0. The number of nitrogen functional groups attached to an aromatic ring is 1. The number of hydrogen-bond acceptors (Lipinski definition) is 2. The lowest BCUT2D eigenvalue weighted by atomic mass is 10.2. The Balaban J connectivity index is 2.79. The van der Waals surface area contributed by atoms with Crippen LogP contribution in [0, 0.1) is 6.92 Å². The minimum atomic E-state index is 0.00301. The van der Waals surface area contributed by atoms with Crippen LogP contribution in [-0.4, -0.2) is 5.91 Å². The van der Waals surface area contributed by atoms with Crippen molar-refractivity contribution in [2.45, 2.75) is 20.3 Å². The monoisotopic (exact) mass is 178 g/mol. The number of benzene rings is 1. The van der Waals surface area contributed by atoms with Gasteiger partial charge in [0.2, 0.25) is 5.91 Å². The van der Waals surface area contributed by atoms with E-state index in [0.717, 1.165) is 11.3 Å². The van der Waals surface area contributed by atoms with E-state index < -0.39 is 0 Å². The molecule has 0 bridgehead atoms. The van der Waals surface area contributed by atoms with Gasteiger partial charge in [-0.25, -0.2) is 0 Å². The summed E-state index contributed by atoms with van der Waals surface area (Å²) >= 11 is 0. The number of nitrogens with one attached hydrogen (secondary N) is 1. The van der Waals surface area contributed by atoms with Gasteiger partial charge in [0, 0.05) is 17.8 Å². The van der Waals surface area contributed by atoms with E-state index in [1.165, 1.54) is 0 Å². The zero-order valence-electron chi connectivity index (χ0n) is 7.92. The number of rotatable bonds is 2. The van der Waals surface area contributed by atoms with Gasteiger partial charge in [0.15, 0.2) is 0 Å². The number of carbonyl (C=O) groups excluding carboxylic acids is 1. The summed E-state index contributed by atoms with van der Waals surface area (Å²) in [5.41, 5.74) is 8.17. The van der Waals surface area contributed by atoms with Gasteiger partial charge in [0.25, 0.3) is 0 Å². The van der Waals surface area contributed by atoms with E-state index in [2.05, 4.69) is 5.32 Å². The topological polar surface area (TPSA) is 55.1 Å². The average Bonchev–Trinajstić information content (AvgIpc) is 2.11. The summed E-state index contributed by atoms with van der Waals surface area (Å²) in [6, 6.07) is 5.50. The Bertz CT molecular complexity index is 321. The third-order valence-electron chi connectivity index (χ3n) is 1.88. The molecule has 70 valence electrons. The van der Waals surface area contributed by atoms with Crippen molar-refractivity contribution in [2.24, 2.45) is 0 Å². The molecule has 0 aliphatic rings. The van der Waals surface area contributed by atoms with Gasteiger partial charge in [-0.05, 0) is 24.6 Å². The van der Waals surface area contributed by atoms with Crippen LogP contribution in [0.3, 0.4) is 0 Å². The van der Waals surface area contributed by atoms with Gasteiger partial charge in [0.1, 0.15) is 0 Å². The van der Waals surface area contributed by atoms with Crippen molar-refractivity contribution in [1.82, 2.24) is 0 Å². The first kappa shape index (κ1) is 9.58. The predicted molar refractivity (Wildman–Crippen MR) is 54.5 cm³/mol. The first-order valence-electron chi connectivity index (χ1n) is 4.29. The SMILES string of the molecule is CCC(=O)Nc1ccc(C)c(N)c1. The Morgan fingerprint density at radius 2 is 2.23 bits per heavy atom. The van der Waals surface area contributed by atoms with Crippen LogP contribution in [-0.2, 0) is 4.79 Å². The molecule has 0 aliphatic heterocycles. The average molecular weight is 178 g/mol. The first-order valence-corrected chi connectivity index (χ1v) is 4.29. The summed E-state index contributed by atoms with van der Waals surface area (Å²) in [6.45, 7) is 3.74. The molecule has 1 aromatic carbocycles. The molecular formula is C10H14N2O. The maximum atomic E-state index is 11.0. The standard InChI is InChI=1S/C10H14N2O/c1-3-10(13)12-8-5-4-7(2)9(11)6-8/h4-6H,3,11H2,1-2H3,(H,12,13). The third kappa shape index (κ3) is 2.47.